The van der Waals surface area contributed by atoms with Gasteiger partial charge in [-0.05, 0) is 42.4 Å². The monoisotopic (exact) mass is 339 g/mol. The number of nitrogens with zero attached hydrogens (tertiary/aromatic N) is 4. The molecular weight excluding hydrogens is 314 g/mol. The molecular formula is C19H25N5O. The Morgan fingerprint density at radius 3 is 2.84 bits per heavy atom. The van der Waals surface area contributed by atoms with E-state index in [9.17, 15) is 4.79 Å². The maximum Gasteiger partial charge on any atom is 0.227 e. The molecule has 1 aliphatic carbocycles. The average Bonchev–Trinajstić information content (AvgIpc) is 3.20. The van der Waals surface area contributed by atoms with Gasteiger partial charge in [-0.15, -0.1) is 0 Å². The van der Waals surface area contributed by atoms with Gasteiger partial charge in [-0.2, -0.15) is 5.10 Å². The van der Waals surface area contributed by atoms with Crippen molar-refractivity contribution in [3.05, 3.63) is 41.7 Å². The SMILES string of the molecule is CCCc1nc(C2CN(C(=O)Cc3ccncc3)CC23CCC3)n[nH]1. The zero-order valence-corrected chi connectivity index (χ0v) is 14.7. The second kappa shape index (κ2) is 6.58. The van der Waals surface area contributed by atoms with Crippen LogP contribution in [-0.2, 0) is 17.6 Å². The molecule has 0 bridgehead atoms. The summed E-state index contributed by atoms with van der Waals surface area (Å²) in [5, 5.41) is 7.57. The van der Waals surface area contributed by atoms with Crippen LogP contribution in [0, 0.1) is 5.41 Å². The highest BCUT2D eigenvalue weighted by molar-refractivity contribution is 5.79. The second-order valence-corrected chi connectivity index (χ2v) is 7.47. The van der Waals surface area contributed by atoms with Crippen molar-refractivity contribution >= 4 is 5.91 Å². The van der Waals surface area contributed by atoms with Crippen molar-refractivity contribution < 1.29 is 4.79 Å². The fourth-order valence-electron chi connectivity index (χ4n) is 4.25. The van der Waals surface area contributed by atoms with Crippen molar-refractivity contribution in [2.24, 2.45) is 5.41 Å². The van der Waals surface area contributed by atoms with Gasteiger partial charge in [-0.1, -0.05) is 13.3 Å². The summed E-state index contributed by atoms with van der Waals surface area (Å²) in [7, 11) is 0. The van der Waals surface area contributed by atoms with Crippen LogP contribution in [0.25, 0.3) is 0 Å². The van der Waals surface area contributed by atoms with E-state index in [1.807, 2.05) is 17.0 Å². The molecule has 0 aromatic carbocycles. The number of aryl methyl sites for hydroxylation is 1. The maximum absolute atomic E-state index is 12.8. The zero-order valence-electron chi connectivity index (χ0n) is 14.7. The van der Waals surface area contributed by atoms with Crippen LogP contribution in [0.1, 0.15) is 55.7 Å². The highest BCUT2D eigenvalue weighted by Crippen LogP contribution is 2.55. The summed E-state index contributed by atoms with van der Waals surface area (Å²) < 4.78 is 0. The number of carbonyl (C=O) groups excluding carboxylic acids is 1. The standard InChI is InChI=1S/C19H25N5O/c1-2-4-16-21-18(23-22-16)15-12-24(13-19(15)7-3-8-19)17(25)11-14-5-9-20-10-6-14/h5-6,9-10,15H,2-4,7-8,11-13H2,1H3,(H,21,22,23). The second-order valence-electron chi connectivity index (χ2n) is 7.47. The van der Waals surface area contributed by atoms with Crippen molar-refractivity contribution in [3.8, 4) is 0 Å². The Labute approximate surface area is 148 Å². The molecule has 2 aliphatic rings. The average molecular weight is 339 g/mol. The van der Waals surface area contributed by atoms with Crippen molar-refractivity contribution in [3.63, 3.8) is 0 Å². The van der Waals surface area contributed by atoms with Crippen LogP contribution in [-0.4, -0.2) is 44.1 Å². The number of aromatic amines is 1. The smallest absolute Gasteiger partial charge is 0.227 e. The fourth-order valence-corrected chi connectivity index (χ4v) is 4.25. The molecule has 1 amide bonds. The van der Waals surface area contributed by atoms with E-state index >= 15 is 0 Å². The van der Waals surface area contributed by atoms with Gasteiger partial charge in [0.15, 0.2) is 5.82 Å². The maximum atomic E-state index is 12.8. The molecule has 2 aromatic rings. The molecule has 25 heavy (non-hydrogen) atoms. The van der Waals surface area contributed by atoms with Gasteiger partial charge in [-0.25, -0.2) is 4.98 Å². The summed E-state index contributed by atoms with van der Waals surface area (Å²) >= 11 is 0. The lowest BCUT2D eigenvalue weighted by Crippen LogP contribution is -2.38. The number of nitrogens with one attached hydrogen (secondary N) is 1. The molecule has 1 aliphatic heterocycles. The van der Waals surface area contributed by atoms with Crippen LogP contribution < -0.4 is 0 Å². The van der Waals surface area contributed by atoms with Crippen LogP contribution in [0.4, 0.5) is 0 Å². The largest absolute Gasteiger partial charge is 0.341 e. The first-order valence-corrected chi connectivity index (χ1v) is 9.28. The first kappa shape index (κ1) is 16.2. The van der Waals surface area contributed by atoms with E-state index in [1.54, 1.807) is 12.4 Å². The van der Waals surface area contributed by atoms with E-state index in [-0.39, 0.29) is 17.2 Å². The molecule has 1 N–H and O–H groups in total. The lowest BCUT2D eigenvalue weighted by atomic mass is 9.62. The summed E-state index contributed by atoms with van der Waals surface area (Å²) in [6, 6.07) is 3.83. The summed E-state index contributed by atoms with van der Waals surface area (Å²) in [4.78, 5) is 23.6. The van der Waals surface area contributed by atoms with E-state index in [4.69, 9.17) is 4.98 Å². The Bertz CT molecular complexity index is 737. The third-order valence-electron chi connectivity index (χ3n) is 5.80. The van der Waals surface area contributed by atoms with Gasteiger partial charge < -0.3 is 4.90 Å². The van der Waals surface area contributed by atoms with Gasteiger partial charge in [0.05, 0.1) is 6.42 Å². The lowest BCUT2D eigenvalue weighted by Gasteiger charge is -2.41. The topological polar surface area (TPSA) is 74.8 Å². The molecule has 1 unspecified atom stereocenters. The minimum atomic E-state index is 0.194. The number of carbonyl (C=O) groups is 1. The van der Waals surface area contributed by atoms with E-state index < -0.39 is 0 Å². The Morgan fingerprint density at radius 2 is 2.16 bits per heavy atom. The van der Waals surface area contributed by atoms with E-state index in [2.05, 4.69) is 22.1 Å². The van der Waals surface area contributed by atoms with Crippen molar-refractivity contribution in [2.45, 2.75) is 51.4 Å². The summed E-state index contributed by atoms with van der Waals surface area (Å²) in [5.74, 6) is 2.34. The number of H-pyrrole nitrogens is 1. The first-order valence-electron chi connectivity index (χ1n) is 9.28. The van der Waals surface area contributed by atoms with Crippen molar-refractivity contribution in [1.82, 2.24) is 25.1 Å². The van der Waals surface area contributed by atoms with Gasteiger partial charge in [0.25, 0.3) is 0 Å². The molecule has 1 spiro atoms. The summed E-state index contributed by atoms with van der Waals surface area (Å²) in [6.45, 7) is 3.73. The van der Waals surface area contributed by atoms with E-state index in [0.29, 0.717) is 6.42 Å². The molecule has 0 radical (unpaired) electrons. The number of hydrogen-bond acceptors (Lipinski definition) is 4. The molecule has 4 rings (SSSR count). The zero-order chi connectivity index (χ0) is 17.3. The Kier molecular flexibility index (Phi) is 4.27. The number of aromatic nitrogens is 4. The Balaban J connectivity index is 1.50. The third kappa shape index (κ3) is 3.05. The van der Waals surface area contributed by atoms with Crippen LogP contribution in [0.5, 0.6) is 0 Å². The molecule has 6 heteroatoms. The van der Waals surface area contributed by atoms with Gasteiger partial charge in [0.1, 0.15) is 5.82 Å². The Hall–Kier alpha value is -2.24. The molecule has 2 fully saturated rings. The third-order valence-corrected chi connectivity index (χ3v) is 5.80. The minimum Gasteiger partial charge on any atom is -0.341 e. The molecule has 2 aromatic heterocycles. The molecule has 6 nitrogen and oxygen atoms in total. The lowest BCUT2D eigenvalue weighted by molar-refractivity contribution is -0.130. The van der Waals surface area contributed by atoms with Gasteiger partial charge >= 0.3 is 0 Å². The van der Waals surface area contributed by atoms with E-state index in [0.717, 1.165) is 43.1 Å². The summed E-state index contributed by atoms with van der Waals surface area (Å²) in [6.07, 6.45) is 9.51. The number of likely N-dealkylation sites (tertiary alicyclic amines) is 1. The van der Waals surface area contributed by atoms with Crippen LogP contribution >= 0.6 is 0 Å². The van der Waals surface area contributed by atoms with Crippen molar-refractivity contribution in [1.29, 1.82) is 0 Å². The normalized spacial score (nSPS) is 21.5. The Morgan fingerprint density at radius 1 is 1.36 bits per heavy atom. The van der Waals surface area contributed by atoms with Crippen LogP contribution in [0.3, 0.4) is 0 Å². The van der Waals surface area contributed by atoms with Gasteiger partial charge in [0.2, 0.25) is 5.91 Å². The summed E-state index contributed by atoms with van der Waals surface area (Å²) in [5.41, 5.74) is 1.22. The van der Waals surface area contributed by atoms with Gasteiger partial charge in [0, 0.05) is 37.8 Å². The van der Waals surface area contributed by atoms with E-state index in [1.165, 1.54) is 19.3 Å². The highest BCUT2D eigenvalue weighted by Gasteiger charge is 2.53. The quantitative estimate of drug-likeness (QED) is 0.908. The molecule has 1 saturated carbocycles. The molecule has 132 valence electrons. The molecule has 3 heterocycles. The molecule has 1 atom stereocenters. The minimum absolute atomic E-state index is 0.194. The predicted molar refractivity (Wildman–Crippen MR) is 93.9 cm³/mol. The number of pyridine rings is 1. The van der Waals surface area contributed by atoms with Gasteiger partial charge in [-0.3, -0.25) is 14.9 Å². The number of amides is 1. The number of rotatable bonds is 5. The fraction of sp³-hybridized carbons (Fsp3) is 0.579. The number of hydrogen-bond donors (Lipinski definition) is 1. The van der Waals surface area contributed by atoms with Crippen LogP contribution in [0.2, 0.25) is 0 Å². The first-order chi connectivity index (χ1) is 12.2. The predicted octanol–water partition coefficient (Wildman–Crippen LogP) is 2.49. The van der Waals surface area contributed by atoms with Crippen LogP contribution in [0.15, 0.2) is 24.5 Å². The van der Waals surface area contributed by atoms with Crippen molar-refractivity contribution in [2.75, 3.05) is 13.1 Å². The highest BCUT2D eigenvalue weighted by atomic mass is 16.2. The molecule has 1 saturated heterocycles.